The lowest BCUT2D eigenvalue weighted by Gasteiger charge is -2.28. The zero-order valence-corrected chi connectivity index (χ0v) is 11.1. The van der Waals surface area contributed by atoms with Gasteiger partial charge in [-0.1, -0.05) is 77.8 Å². The van der Waals surface area contributed by atoms with Gasteiger partial charge in [-0.15, -0.1) is 0 Å². The lowest BCUT2D eigenvalue weighted by atomic mass is 9.77. The van der Waals surface area contributed by atoms with Crippen LogP contribution in [0.1, 0.15) is 59.4 Å². The Hall–Kier alpha value is -0.780. The van der Waals surface area contributed by atoms with Gasteiger partial charge in [0.05, 0.1) is 0 Å². The molecule has 98 valence electrons. The van der Waals surface area contributed by atoms with Crippen LogP contribution in [0.15, 0.2) is 30.3 Å². The molecule has 1 fully saturated rings. The summed E-state index contributed by atoms with van der Waals surface area (Å²) in [4.78, 5) is 0. The van der Waals surface area contributed by atoms with Crippen molar-refractivity contribution < 1.29 is 0 Å². The van der Waals surface area contributed by atoms with Crippen LogP contribution in [0, 0.1) is 11.8 Å². The standard InChI is InChI=1S/C14H20.C2H6.CH4/c1-12-7-5-6-10-14(12)11-13-8-3-2-4-9-13;1-2;/h2-4,8-9,12,14H,5-7,10-11H2,1H3;1-2H3;1H4. The highest BCUT2D eigenvalue weighted by Gasteiger charge is 2.20. The van der Waals surface area contributed by atoms with E-state index < -0.39 is 0 Å². The first-order chi connectivity index (χ1) is 7.86. The van der Waals surface area contributed by atoms with Crippen molar-refractivity contribution in [3.8, 4) is 0 Å². The van der Waals surface area contributed by atoms with Crippen molar-refractivity contribution in [1.29, 1.82) is 0 Å². The normalized spacial score (nSPS) is 23.0. The summed E-state index contributed by atoms with van der Waals surface area (Å²) >= 11 is 0. The zero-order valence-electron chi connectivity index (χ0n) is 11.1. The fourth-order valence-electron chi connectivity index (χ4n) is 2.61. The van der Waals surface area contributed by atoms with Crippen LogP contribution in [0.2, 0.25) is 0 Å². The average Bonchev–Trinajstić information content (AvgIpc) is 2.36. The van der Waals surface area contributed by atoms with Crippen LogP contribution in [0.4, 0.5) is 0 Å². The molecular formula is C17H30. The Morgan fingerprint density at radius 3 is 2.18 bits per heavy atom. The van der Waals surface area contributed by atoms with Gasteiger partial charge in [0.2, 0.25) is 0 Å². The molecule has 0 spiro atoms. The van der Waals surface area contributed by atoms with E-state index in [1.54, 1.807) is 0 Å². The molecule has 2 atom stereocenters. The summed E-state index contributed by atoms with van der Waals surface area (Å²) in [5.41, 5.74) is 1.52. The Morgan fingerprint density at radius 2 is 1.59 bits per heavy atom. The fourth-order valence-corrected chi connectivity index (χ4v) is 2.61. The van der Waals surface area contributed by atoms with Gasteiger partial charge in [0.25, 0.3) is 0 Å². The highest BCUT2D eigenvalue weighted by atomic mass is 14.3. The zero-order chi connectivity index (χ0) is 11.8. The van der Waals surface area contributed by atoms with Gasteiger partial charge >= 0.3 is 0 Å². The molecular weight excluding hydrogens is 204 g/mol. The van der Waals surface area contributed by atoms with Crippen LogP contribution in [-0.4, -0.2) is 0 Å². The van der Waals surface area contributed by atoms with Crippen molar-refractivity contribution in [2.45, 2.75) is 60.3 Å². The Balaban J connectivity index is 0.000000811. The van der Waals surface area contributed by atoms with E-state index in [4.69, 9.17) is 0 Å². The van der Waals surface area contributed by atoms with Crippen LogP contribution in [0.5, 0.6) is 0 Å². The molecule has 1 aromatic carbocycles. The Bertz CT molecular complexity index is 263. The molecule has 1 saturated carbocycles. The van der Waals surface area contributed by atoms with Crippen molar-refractivity contribution in [1.82, 2.24) is 0 Å². The minimum Gasteiger partial charge on any atom is -0.0776 e. The van der Waals surface area contributed by atoms with Crippen LogP contribution >= 0.6 is 0 Å². The van der Waals surface area contributed by atoms with Gasteiger partial charge in [-0.3, -0.25) is 0 Å². The molecule has 0 heterocycles. The van der Waals surface area contributed by atoms with E-state index in [1.165, 1.54) is 37.7 Å². The second-order valence-corrected chi connectivity index (χ2v) is 4.71. The topological polar surface area (TPSA) is 0 Å². The molecule has 1 aromatic rings. The summed E-state index contributed by atoms with van der Waals surface area (Å²) in [5, 5.41) is 0. The first kappa shape index (κ1) is 16.2. The number of hydrogen-bond donors (Lipinski definition) is 0. The summed E-state index contributed by atoms with van der Waals surface area (Å²) in [6.07, 6.45) is 7.07. The van der Waals surface area contributed by atoms with Gasteiger partial charge < -0.3 is 0 Å². The van der Waals surface area contributed by atoms with E-state index in [-0.39, 0.29) is 7.43 Å². The quantitative estimate of drug-likeness (QED) is 0.614. The fraction of sp³-hybridized carbons (Fsp3) is 0.647. The number of hydrogen-bond acceptors (Lipinski definition) is 0. The van der Waals surface area contributed by atoms with Crippen LogP contribution in [0.25, 0.3) is 0 Å². The molecule has 0 amide bonds. The number of rotatable bonds is 2. The lowest BCUT2D eigenvalue weighted by Crippen LogP contribution is -2.18. The molecule has 0 aliphatic heterocycles. The van der Waals surface area contributed by atoms with E-state index in [1.807, 2.05) is 13.8 Å². The summed E-state index contributed by atoms with van der Waals surface area (Å²) < 4.78 is 0. The highest BCUT2D eigenvalue weighted by Crippen LogP contribution is 2.31. The highest BCUT2D eigenvalue weighted by molar-refractivity contribution is 5.15. The van der Waals surface area contributed by atoms with E-state index in [2.05, 4.69) is 37.3 Å². The summed E-state index contributed by atoms with van der Waals surface area (Å²) in [7, 11) is 0. The van der Waals surface area contributed by atoms with Gasteiger partial charge in [0.1, 0.15) is 0 Å². The first-order valence-electron chi connectivity index (χ1n) is 6.90. The molecule has 0 heteroatoms. The Labute approximate surface area is 108 Å². The van der Waals surface area contributed by atoms with Gasteiger partial charge in [0, 0.05) is 0 Å². The van der Waals surface area contributed by atoms with E-state index in [0.29, 0.717) is 0 Å². The minimum absolute atomic E-state index is 0. The molecule has 0 bridgehead atoms. The van der Waals surface area contributed by atoms with Gasteiger partial charge in [-0.2, -0.15) is 0 Å². The SMILES string of the molecule is C.CC.CC1CCCCC1Cc1ccccc1. The maximum Gasteiger partial charge on any atom is -0.0248 e. The summed E-state index contributed by atoms with van der Waals surface area (Å²) in [6, 6.07) is 10.9. The van der Waals surface area contributed by atoms with E-state index in [0.717, 1.165) is 11.8 Å². The van der Waals surface area contributed by atoms with Gasteiger partial charge in [-0.25, -0.2) is 0 Å². The third-order valence-corrected chi connectivity index (χ3v) is 3.63. The van der Waals surface area contributed by atoms with E-state index in [9.17, 15) is 0 Å². The average molecular weight is 234 g/mol. The van der Waals surface area contributed by atoms with E-state index >= 15 is 0 Å². The minimum atomic E-state index is 0. The molecule has 1 aliphatic carbocycles. The summed E-state index contributed by atoms with van der Waals surface area (Å²) in [6.45, 7) is 6.42. The predicted octanol–water partition coefficient (Wildman–Crippen LogP) is 5.72. The maximum atomic E-state index is 2.42. The van der Waals surface area contributed by atoms with Crippen molar-refractivity contribution in [2.75, 3.05) is 0 Å². The lowest BCUT2D eigenvalue weighted by molar-refractivity contribution is 0.255. The third-order valence-electron chi connectivity index (χ3n) is 3.63. The van der Waals surface area contributed by atoms with Crippen LogP contribution < -0.4 is 0 Å². The molecule has 0 aromatic heterocycles. The molecule has 2 unspecified atom stereocenters. The van der Waals surface area contributed by atoms with Crippen molar-refractivity contribution in [2.24, 2.45) is 11.8 Å². The predicted molar refractivity (Wildman–Crippen MR) is 79.3 cm³/mol. The summed E-state index contributed by atoms with van der Waals surface area (Å²) in [5.74, 6) is 1.87. The van der Waals surface area contributed by atoms with Crippen LogP contribution in [-0.2, 0) is 6.42 Å². The first-order valence-corrected chi connectivity index (χ1v) is 6.90. The van der Waals surface area contributed by atoms with Gasteiger partial charge in [-0.05, 0) is 30.2 Å². The smallest absolute Gasteiger partial charge is 0.0248 e. The van der Waals surface area contributed by atoms with Crippen molar-refractivity contribution in [3.63, 3.8) is 0 Å². The molecule has 2 rings (SSSR count). The van der Waals surface area contributed by atoms with Gasteiger partial charge in [0.15, 0.2) is 0 Å². The second kappa shape index (κ2) is 9.27. The molecule has 0 saturated heterocycles. The van der Waals surface area contributed by atoms with Crippen molar-refractivity contribution in [3.05, 3.63) is 35.9 Å². The monoisotopic (exact) mass is 234 g/mol. The third kappa shape index (κ3) is 5.39. The van der Waals surface area contributed by atoms with Crippen LogP contribution in [0.3, 0.4) is 0 Å². The molecule has 0 N–H and O–H groups in total. The maximum absolute atomic E-state index is 2.42. The largest absolute Gasteiger partial charge is 0.0776 e. The Kier molecular flexibility index (Phi) is 8.85. The molecule has 0 nitrogen and oxygen atoms in total. The van der Waals surface area contributed by atoms with Crippen molar-refractivity contribution >= 4 is 0 Å². The molecule has 1 aliphatic rings. The second-order valence-electron chi connectivity index (χ2n) is 4.71. The molecule has 17 heavy (non-hydrogen) atoms. The number of benzene rings is 1. The molecule has 0 radical (unpaired) electrons. The Morgan fingerprint density at radius 1 is 1.00 bits per heavy atom.